The maximum Gasteiger partial charge on any atom is 0.234 e. The monoisotopic (exact) mass is 259 g/mol. The quantitative estimate of drug-likeness (QED) is 0.730. The Bertz CT molecular complexity index is 685. The van der Waals surface area contributed by atoms with Gasteiger partial charge in [0, 0.05) is 18.5 Å². The zero-order chi connectivity index (χ0) is 12.5. The van der Waals surface area contributed by atoms with Crippen molar-refractivity contribution in [2.24, 2.45) is 0 Å². The average Bonchev–Trinajstić information content (AvgIpc) is 2.88. The first-order valence-corrected chi connectivity index (χ1v) is 6.62. The molecule has 0 aliphatic carbocycles. The standard InChI is InChI=1S/C12H13N5S/c1-2-10-14-15-12-17(10)16-11(18-12)7-8-4-3-5-9(13)6-8/h3-6H,2,7,13H2,1H3. The molecule has 5 nitrogen and oxygen atoms in total. The summed E-state index contributed by atoms with van der Waals surface area (Å²) in [6, 6.07) is 7.88. The maximum atomic E-state index is 5.77. The molecule has 0 unspecified atom stereocenters. The van der Waals surface area contributed by atoms with Crippen LogP contribution in [0.2, 0.25) is 0 Å². The van der Waals surface area contributed by atoms with E-state index >= 15 is 0 Å². The lowest BCUT2D eigenvalue weighted by atomic mass is 10.1. The Morgan fingerprint density at radius 1 is 1.33 bits per heavy atom. The first kappa shape index (κ1) is 11.2. The SMILES string of the molecule is CCc1nnc2sc(Cc3cccc(N)c3)nn12. The molecule has 3 rings (SSSR count). The molecule has 0 amide bonds. The molecular formula is C12H13N5S. The van der Waals surface area contributed by atoms with Crippen LogP contribution in [0.3, 0.4) is 0 Å². The highest BCUT2D eigenvalue weighted by Gasteiger charge is 2.10. The van der Waals surface area contributed by atoms with Crippen molar-refractivity contribution in [1.82, 2.24) is 19.8 Å². The minimum Gasteiger partial charge on any atom is -0.399 e. The fourth-order valence-electron chi connectivity index (χ4n) is 1.87. The largest absolute Gasteiger partial charge is 0.399 e. The maximum absolute atomic E-state index is 5.77. The molecule has 2 heterocycles. The van der Waals surface area contributed by atoms with Crippen molar-refractivity contribution in [3.05, 3.63) is 40.7 Å². The van der Waals surface area contributed by atoms with Gasteiger partial charge in [-0.2, -0.15) is 9.61 Å². The van der Waals surface area contributed by atoms with E-state index in [-0.39, 0.29) is 0 Å². The third-order valence-electron chi connectivity index (χ3n) is 2.72. The van der Waals surface area contributed by atoms with Crippen molar-refractivity contribution < 1.29 is 0 Å². The molecule has 0 radical (unpaired) electrons. The van der Waals surface area contributed by atoms with Crippen LogP contribution < -0.4 is 5.73 Å². The van der Waals surface area contributed by atoms with Gasteiger partial charge in [0.05, 0.1) is 0 Å². The van der Waals surface area contributed by atoms with E-state index in [0.717, 1.165) is 39.9 Å². The fourth-order valence-corrected chi connectivity index (χ4v) is 2.75. The predicted molar refractivity (Wildman–Crippen MR) is 71.7 cm³/mol. The summed E-state index contributed by atoms with van der Waals surface area (Å²) in [5, 5.41) is 13.8. The molecule has 0 aliphatic rings. The zero-order valence-corrected chi connectivity index (χ0v) is 10.8. The molecule has 0 spiro atoms. The molecule has 0 bridgehead atoms. The molecule has 1 aromatic carbocycles. The molecule has 0 aliphatic heterocycles. The Hall–Kier alpha value is -1.95. The van der Waals surface area contributed by atoms with Crippen molar-refractivity contribution in [3.8, 4) is 0 Å². The van der Waals surface area contributed by atoms with E-state index in [1.54, 1.807) is 11.3 Å². The first-order valence-electron chi connectivity index (χ1n) is 5.80. The van der Waals surface area contributed by atoms with Crippen molar-refractivity contribution in [3.63, 3.8) is 0 Å². The predicted octanol–water partition coefficient (Wildman–Crippen LogP) is 1.92. The summed E-state index contributed by atoms with van der Waals surface area (Å²) in [6.45, 7) is 2.05. The number of rotatable bonds is 3. The first-order chi connectivity index (χ1) is 8.76. The van der Waals surface area contributed by atoms with Crippen LogP contribution >= 0.6 is 11.3 Å². The van der Waals surface area contributed by atoms with Crippen molar-refractivity contribution in [2.45, 2.75) is 19.8 Å². The Balaban J connectivity index is 1.93. The molecule has 18 heavy (non-hydrogen) atoms. The summed E-state index contributed by atoms with van der Waals surface area (Å²) in [7, 11) is 0. The van der Waals surface area contributed by atoms with Crippen LogP contribution in [-0.4, -0.2) is 19.8 Å². The lowest BCUT2D eigenvalue weighted by molar-refractivity contribution is 0.817. The molecule has 92 valence electrons. The summed E-state index contributed by atoms with van der Waals surface area (Å²) in [6.07, 6.45) is 1.62. The van der Waals surface area contributed by atoms with E-state index < -0.39 is 0 Å². The number of benzene rings is 1. The van der Waals surface area contributed by atoms with Gasteiger partial charge in [-0.25, -0.2) is 0 Å². The molecular weight excluding hydrogens is 246 g/mol. The van der Waals surface area contributed by atoms with Crippen molar-refractivity contribution >= 4 is 22.0 Å². The number of fused-ring (bicyclic) bond motifs is 1. The number of hydrogen-bond donors (Lipinski definition) is 1. The number of anilines is 1. The highest BCUT2D eigenvalue weighted by atomic mass is 32.1. The second-order valence-corrected chi connectivity index (χ2v) is 5.12. The Morgan fingerprint density at radius 3 is 3.00 bits per heavy atom. The average molecular weight is 259 g/mol. The van der Waals surface area contributed by atoms with Crippen LogP contribution in [-0.2, 0) is 12.8 Å². The molecule has 6 heteroatoms. The summed E-state index contributed by atoms with van der Waals surface area (Å²) < 4.78 is 1.83. The van der Waals surface area contributed by atoms with Crippen molar-refractivity contribution in [1.29, 1.82) is 0 Å². The Morgan fingerprint density at radius 2 is 2.22 bits per heavy atom. The van der Waals surface area contributed by atoms with Gasteiger partial charge in [-0.05, 0) is 17.7 Å². The molecule has 0 atom stereocenters. The third kappa shape index (κ3) is 1.95. The topological polar surface area (TPSA) is 69.1 Å². The summed E-state index contributed by atoms with van der Waals surface area (Å²) in [4.78, 5) is 0.853. The van der Waals surface area contributed by atoms with E-state index in [9.17, 15) is 0 Å². The van der Waals surface area contributed by atoms with Gasteiger partial charge in [0.2, 0.25) is 4.96 Å². The number of aryl methyl sites for hydroxylation is 1. The van der Waals surface area contributed by atoms with E-state index in [1.165, 1.54) is 0 Å². The molecule has 0 fully saturated rings. The van der Waals surface area contributed by atoms with Gasteiger partial charge < -0.3 is 5.73 Å². The van der Waals surface area contributed by atoms with Gasteiger partial charge in [-0.1, -0.05) is 30.4 Å². The zero-order valence-electron chi connectivity index (χ0n) is 10.00. The molecule has 2 aromatic heterocycles. The molecule has 3 aromatic rings. The minimum absolute atomic E-state index is 0.780. The number of aromatic nitrogens is 4. The van der Waals surface area contributed by atoms with Gasteiger partial charge in [-0.3, -0.25) is 0 Å². The van der Waals surface area contributed by atoms with Crippen LogP contribution in [0.5, 0.6) is 0 Å². The summed E-state index contributed by atoms with van der Waals surface area (Å²) in [5.41, 5.74) is 7.72. The van der Waals surface area contributed by atoms with E-state index in [4.69, 9.17) is 5.73 Å². The normalized spacial score (nSPS) is 11.2. The number of hydrogen-bond acceptors (Lipinski definition) is 5. The fraction of sp³-hybridized carbons (Fsp3) is 0.250. The Kier molecular flexibility index (Phi) is 2.71. The highest BCUT2D eigenvalue weighted by Crippen LogP contribution is 2.18. The van der Waals surface area contributed by atoms with Crippen LogP contribution in [0.1, 0.15) is 23.3 Å². The lowest BCUT2D eigenvalue weighted by Gasteiger charge is -1.98. The highest BCUT2D eigenvalue weighted by molar-refractivity contribution is 7.16. The van der Waals surface area contributed by atoms with Gasteiger partial charge in [0.25, 0.3) is 0 Å². The second kappa shape index (κ2) is 4.38. The molecule has 0 saturated heterocycles. The summed E-state index contributed by atoms with van der Waals surface area (Å²) in [5.74, 6) is 0.903. The van der Waals surface area contributed by atoms with Gasteiger partial charge in [0.15, 0.2) is 5.82 Å². The third-order valence-corrected chi connectivity index (χ3v) is 3.62. The Labute approximate surface area is 108 Å². The second-order valence-electron chi connectivity index (χ2n) is 4.08. The molecule has 0 saturated carbocycles. The van der Waals surface area contributed by atoms with Crippen LogP contribution in [0, 0.1) is 0 Å². The summed E-state index contributed by atoms with van der Waals surface area (Å²) >= 11 is 1.57. The molecule has 2 N–H and O–H groups in total. The van der Waals surface area contributed by atoms with E-state index in [0.29, 0.717) is 0 Å². The number of nitrogens with two attached hydrogens (primary N) is 1. The van der Waals surface area contributed by atoms with Gasteiger partial charge in [-0.15, -0.1) is 10.2 Å². The number of nitrogen functional groups attached to an aromatic ring is 1. The van der Waals surface area contributed by atoms with Crippen LogP contribution in [0.25, 0.3) is 4.96 Å². The van der Waals surface area contributed by atoms with E-state index in [2.05, 4.69) is 21.4 Å². The lowest BCUT2D eigenvalue weighted by Crippen LogP contribution is -1.96. The smallest absolute Gasteiger partial charge is 0.234 e. The van der Waals surface area contributed by atoms with Crippen molar-refractivity contribution in [2.75, 3.05) is 5.73 Å². The van der Waals surface area contributed by atoms with Gasteiger partial charge >= 0.3 is 0 Å². The van der Waals surface area contributed by atoms with E-state index in [1.807, 2.05) is 29.6 Å². The number of nitrogens with zero attached hydrogens (tertiary/aromatic N) is 4. The van der Waals surface area contributed by atoms with Crippen LogP contribution in [0.15, 0.2) is 24.3 Å². The minimum atomic E-state index is 0.780. The van der Waals surface area contributed by atoms with Crippen LogP contribution in [0.4, 0.5) is 5.69 Å². The van der Waals surface area contributed by atoms with Gasteiger partial charge in [0.1, 0.15) is 5.01 Å².